The molecule has 108 valence electrons. The fraction of sp³-hybridized carbons (Fsp3) is 0.125. The van der Waals surface area contributed by atoms with Crippen molar-refractivity contribution in [2.75, 3.05) is 12.8 Å². The highest BCUT2D eigenvalue weighted by atomic mass is 16.5. The average molecular weight is 285 g/mol. The van der Waals surface area contributed by atoms with E-state index in [0.717, 1.165) is 5.56 Å². The van der Waals surface area contributed by atoms with Crippen molar-refractivity contribution in [3.8, 4) is 0 Å². The number of carbonyl (C=O) groups excluding carboxylic acids is 2. The minimum atomic E-state index is -0.545. The molecule has 0 saturated carbocycles. The van der Waals surface area contributed by atoms with Gasteiger partial charge in [0, 0.05) is 5.69 Å². The van der Waals surface area contributed by atoms with E-state index in [2.05, 4.69) is 4.74 Å². The molecule has 0 aromatic heterocycles. The minimum absolute atomic E-state index is 0.177. The molecule has 0 bridgehead atoms. The summed E-state index contributed by atoms with van der Waals surface area (Å²) in [4.78, 5) is 23.3. The second-order valence-electron chi connectivity index (χ2n) is 4.36. The van der Waals surface area contributed by atoms with Crippen molar-refractivity contribution in [3.05, 3.63) is 65.2 Å². The van der Waals surface area contributed by atoms with Gasteiger partial charge in [-0.3, -0.25) is 0 Å². The lowest BCUT2D eigenvalue weighted by molar-refractivity contribution is 0.0471. The Balaban J connectivity index is 2.06. The highest BCUT2D eigenvalue weighted by molar-refractivity contribution is 5.98. The molecule has 2 rings (SSSR count). The van der Waals surface area contributed by atoms with Gasteiger partial charge < -0.3 is 15.2 Å². The number of anilines is 1. The van der Waals surface area contributed by atoms with Gasteiger partial charge in [-0.25, -0.2) is 9.59 Å². The number of benzene rings is 2. The molecule has 0 fully saturated rings. The fourth-order valence-corrected chi connectivity index (χ4v) is 1.79. The second-order valence-corrected chi connectivity index (χ2v) is 4.36. The molecule has 0 aliphatic heterocycles. The normalized spacial score (nSPS) is 9.95. The number of nitrogen functional groups attached to an aromatic ring is 1. The first-order chi connectivity index (χ1) is 10.1. The van der Waals surface area contributed by atoms with Crippen LogP contribution in [0.3, 0.4) is 0 Å². The van der Waals surface area contributed by atoms with E-state index in [1.165, 1.54) is 25.3 Å². The quantitative estimate of drug-likeness (QED) is 0.689. The first-order valence-corrected chi connectivity index (χ1v) is 6.30. The van der Waals surface area contributed by atoms with E-state index in [1.807, 2.05) is 30.3 Å². The number of hydrogen-bond donors (Lipinski definition) is 1. The number of esters is 2. The molecule has 2 aromatic rings. The highest BCUT2D eigenvalue weighted by Gasteiger charge is 2.14. The summed E-state index contributed by atoms with van der Waals surface area (Å²) in [5, 5.41) is 0. The van der Waals surface area contributed by atoms with Gasteiger partial charge in [-0.1, -0.05) is 30.3 Å². The Kier molecular flexibility index (Phi) is 4.56. The second kappa shape index (κ2) is 6.56. The molecule has 0 aliphatic carbocycles. The largest absolute Gasteiger partial charge is 0.465 e. The topological polar surface area (TPSA) is 78.6 Å². The average Bonchev–Trinajstić information content (AvgIpc) is 2.52. The first kappa shape index (κ1) is 14.6. The summed E-state index contributed by atoms with van der Waals surface area (Å²) in [6.07, 6.45) is 0. The fourth-order valence-electron chi connectivity index (χ4n) is 1.79. The Morgan fingerprint density at radius 1 is 1.05 bits per heavy atom. The lowest BCUT2D eigenvalue weighted by atomic mass is 10.1. The Labute approximate surface area is 122 Å². The maximum absolute atomic E-state index is 11.9. The van der Waals surface area contributed by atoms with Crippen LogP contribution in [0.1, 0.15) is 26.3 Å². The number of hydrogen-bond acceptors (Lipinski definition) is 5. The minimum Gasteiger partial charge on any atom is -0.465 e. The van der Waals surface area contributed by atoms with Gasteiger partial charge in [-0.2, -0.15) is 0 Å². The maximum atomic E-state index is 11.9. The molecule has 0 saturated heterocycles. The van der Waals surface area contributed by atoms with Crippen LogP contribution in [0.15, 0.2) is 48.5 Å². The van der Waals surface area contributed by atoms with E-state index in [9.17, 15) is 9.59 Å². The molecule has 0 atom stereocenters. The number of carbonyl (C=O) groups is 2. The Bertz CT molecular complexity index is 653. The highest BCUT2D eigenvalue weighted by Crippen LogP contribution is 2.16. The van der Waals surface area contributed by atoms with Gasteiger partial charge >= 0.3 is 11.9 Å². The predicted molar refractivity (Wildman–Crippen MR) is 77.8 cm³/mol. The van der Waals surface area contributed by atoms with Crippen molar-refractivity contribution in [2.24, 2.45) is 0 Å². The van der Waals surface area contributed by atoms with Crippen LogP contribution < -0.4 is 5.73 Å². The van der Waals surface area contributed by atoms with E-state index in [-0.39, 0.29) is 23.4 Å². The molecule has 2 N–H and O–H groups in total. The third kappa shape index (κ3) is 3.60. The van der Waals surface area contributed by atoms with Crippen LogP contribution >= 0.6 is 0 Å². The predicted octanol–water partition coefficient (Wildman–Crippen LogP) is 2.41. The van der Waals surface area contributed by atoms with E-state index in [4.69, 9.17) is 10.5 Å². The molecule has 0 spiro atoms. The summed E-state index contributed by atoms with van der Waals surface area (Å²) in [5.41, 5.74) is 7.31. The Morgan fingerprint density at radius 2 is 1.76 bits per heavy atom. The third-order valence-corrected chi connectivity index (χ3v) is 2.91. The molecule has 5 nitrogen and oxygen atoms in total. The van der Waals surface area contributed by atoms with Crippen LogP contribution in [-0.4, -0.2) is 19.0 Å². The molecule has 0 aliphatic rings. The van der Waals surface area contributed by atoms with Crippen LogP contribution in [0.4, 0.5) is 5.69 Å². The van der Waals surface area contributed by atoms with E-state index >= 15 is 0 Å². The molecular formula is C16H15NO4. The van der Waals surface area contributed by atoms with Crippen LogP contribution in [0, 0.1) is 0 Å². The molecule has 21 heavy (non-hydrogen) atoms. The zero-order valence-corrected chi connectivity index (χ0v) is 11.5. The summed E-state index contributed by atoms with van der Waals surface area (Å²) in [6.45, 7) is 0.179. The zero-order valence-electron chi connectivity index (χ0n) is 11.5. The van der Waals surface area contributed by atoms with E-state index < -0.39 is 11.9 Å². The Morgan fingerprint density at radius 3 is 2.38 bits per heavy atom. The molecule has 0 radical (unpaired) electrons. The van der Waals surface area contributed by atoms with Gasteiger partial charge in [-0.15, -0.1) is 0 Å². The van der Waals surface area contributed by atoms with Crippen LogP contribution in [0.5, 0.6) is 0 Å². The number of nitrogens with two attached hydrogens (primary N) is 1. The van der Waals surface area contributed by atoms with Crippen molar-refractivity contribution in [1.82, 2.24) is 0 Å². The van der Waals surface area contributed by atoms with Crippen molar-refractivity contribution in [2.45, 2.75) is 6.61 Å². The van der Waals surface area contributed by atoms with Gasteiger partial charge in [0.2, 0.25) is 0 Å². The van der Waals surface area contributed by atoms with Crippen LogP contribution in [-0.2, 0) is 16.1 Å². The van der Waals surface area contributed by atoms with Gasteiger partial charge in [0.25, 0.3) is 0 Å². The van der Waals surface area contributed by atoms with Crippen molar-refractivity contribution < 1.29 is 19.1 Å². The van der Waals surface area contributed by atoms with Crippen LogP contribution in [0.2, 0.25) is 0 Å². The SMILES string of the molecule is COC(=O)c1ccc(C(=O)OCc2ccccc2)cc1N. The maximum Gasteiger partial charge on any atom is 0.339 e. The lowest BCUT2D eigenvalue weighted by Crippen LogP contribution is -2.09. The summed E-state index contributed by atoms with van der Waals surface area (Å²) < 4.78 is 9.77. The lowest BCUT2D eigenvalue weighted by Gasteiger charge is -2.07. The Hall–Kier alpha value is -2.82. The molecule has 2 aromatic carbocycles. The number of ether oxygens (including phenoxy) is 2. The van der Waals surface area contributed by atoms with Gasteiger partial charge in [0.1, 0.15) is 6.61 Å². The van der Waals surface area contributed by atoms with Gasteiger partial charge in [0.15, 0.2) is 0 Å². The summed E-state index contributed by atoms with van der Waals surface area (Å²) in [5.74, 6) is -1.04. The summed E-state index contributed by atoms with van der Waals surface area (Å²) in [7, 11) is 1.27. The third-order valence-electron chi connectivity index (χ3n) is 2.91. The first-order valence-electron chi connectivity index (χ1n) is 6.30. The number of rotatable bonds is 4. The van der Waals surface area contributed by atoms with E-state index in [1.54, 1.807) is 0 Å². The van der Waals surface area contributed by atoms with Crippen molar-refractivity contribution in [1.29, 1.82) is 0 Å². The van der Waals surface area contributed by atoms with Crippen molar-refractivity contribution >= 4 is 17.6 Å². The molecule has 0 amide bonds. The zero-order chi connectivity index (χ0) is 15.2. The van der Waals surface area contributed by atoms with Crippen LogP contribution in [0.25, 0.3) is 0 Å². The standard InChI is InChI=1S/C16H15NO4/c1-20-16(19)13-8-7-12(9-14(13)17)15(18)21-10-11-5-3-2-4-6-11/h2-9H,10,17H2,1H3. The molecule has 0 heterocycles. The molecular weight excluding hydrogens is 270 g/mol. The van der Waals surface area contributed by atoms with Gasteiger partial charge in [-0.05, 0) is 23.8 Å². The molecule has 0 unspecified atom stereocenters. The van der Waals surface area contributed by atoms with Gasteiger partial charge in [0.05, 0.1) is 18.2 Å². The summed E-state index contributed by atoms with van der Waals surface area (Å²) >= 11 is 0. The monoisotopic (exact) mass is 285 g/mol. The smallest absolute Gasteiger partial charge is 0.339 e. The van der Waals surface area contributed by atoms with E-state index in [0.29, 0.717) is 0 Å². The van der Waals surface area contributed by atoms with Crippen molar-refractivity contribution in [3.63, 3.8) is 0 Å². The summed E-state index contributed by atoms with van der Waals surface area (Å²) in [6, 6.07) is 13.7. The number of methoxy groups -OCH3 is 1. The molecule has 5 heteroatoms.